The third-order valence-corrected chi connectivity index (χ3v) is 6.31. The molecule has 5 rings (SSSR count). The second kappa shape index (κ2) is 10.4. The molecule has 0 spiro atoms. The molecule has 0 unspecified atom stereocenters. The van der Waals surface area contributed by atoms with E-state index >= 15 is 4.39 Å². The van der Waals surface area contributed by atoms with Crippen molar-refractivity contribution in [1.82, 2.24) is 25.5 Å². The van der Waals surface area contributed by atoms with Crippen molar-refractivity contribution >= 4 is 17.5 Å². The van der Waals surface area contributed by atoms with Crippen LogP contribution in [0.3, 0.4) is 0 Å². The van der Waals surface area contributed by atoms with Crippen LogP contribution < -0.4 is 10.2 Å². The fourth-order valence-corrected chi connectivity index (χ4v) is 4.55. The van der Waals surface area contributed by atoms with Crippen molar-refractivity contribution in [1.29, 1.82) is 0 Å². The SMILES string of the molecule is Cc1ccc(-c2nnn(CC(=O)N(c3ccccc3F)[C@H](C(=O)NC3CCCC3)c3ccc(C)o3)n2)o1. The first-order valence-electron chi connectivity index (χ1n) is 12.2. The van der Waals surface area contributed by atoms with Crippen LogP contribution >= 0.6 is 0 Å². The van der Waals surface area contributed by atoms with Crippen LogP contribution in [0.5, 0.6) is 0 Å². The molecule has 0 bridgehead atoms. The molecule has 1 N–H and O–H groups in total. The molecule has 2 amide bonds. The van der Waals surface area contributed by atoms with Gasteiger partial charge in [0, 0.05) is 6.04 Å². The van der Waals surface area contributed by atoms with Gasteiger partial charge in [-0.3, -0.25) is 14.5 Å². The molecule has 0 saturated heterocycles. The lowest BCUT2D eigenvalue weighted by Gasteiger charge is -2.30. The third kappa shape index (κ3) is 5.30. The summed E-state index contributed by atoms with van der Waals surface area (Å²) in [6, 6.07) is 11.3. The maximum absolute atomic E-state index is 15.1. The average molecular weight is 507 g/mol. The van der Waals surface area contributed by atoms with Crippen molar-refractivity contribution in [2.75, 3.05) is 4.90 Å². The zero-order valence-corrected chi connectivity index (χ0v) is 20.6. The summed E-state index contributed by atoms with van der Waals surface area (Å²) in [5.41, 5.74) is -0.0601. The number of para-hydroxylation sites is 1. The molecule has 1 fully saturated rings. The van der Waals surface area contributed by atoms with Crippen molar-refractivity contribution < 1.29 is 22.8 Å². The highest BCUT2D eigenvalue weighted by Crippen LogP contribution is 2.32. The van der Waals surface area contributed by atoms with Gasteiger partial charge in [-0.25, -0.2) is 4.39 Å². The first-order valence-corrected chi connectivity index (χ1v) is 12.2. The number of tetrazole rings is 1. The van der Waals surface area contributed by atoms with Crippen molar-refractivity contribution in [2.24, 2.45) is 0 Å². The van der Waals surface area contributed by atoms with Gasteiger partial charge in [0.05, 0.1) is 5.69 Å². The van der Waals surface area contributed by atoms with E-state index in [1.54, 1.807) is 44.2 Å². The minimum atomic E-state index is -1.24. The normalized spacial score (nSPS) is 14.6. The smallest absolute Gasteiger partial charge is 0.251 e. The van der Waals surface area contributed by atoms with Crippen LogP contribution in [0.4, 0.5) is 10.1 Å². The molecule has 1 saturated carbocycles. The Morgan fingerprint density at radius 1 is 1.08 bits per heavy atom. The van der Waals surface area contributed by atoms with Crippen LogP contribution in [0.15, 0.2) is 57.4 Å². The van der Waals surface area contributed by atoms with Gasteiger partial charge in [0.25, 0.3) is 11.8 Å². The van der Waals surface area contributed by atoms with E-state index in [2.05, 4.69) is 20.7 Å². The van der Waals surface area contributed by atoms with E-state index in [1.807, 2.05) is 0 Å². The van der Waals surface area contributed by atoms with Crippen LogP contribution in [-0.2, 0) is 16.1 Å². The molecule has 4 aromatic rings. The van der Waals surface area contributed by atoms with Crippen molar-refractivity contribution in [3.05, 3.63) is 71.6 Å². The van der Waals surface area contributed by atoms with E-state index in [-0.39, 0.29) is 23.3 Å². The monoisotopic (exact) mass is 506 g/mol. The molecule has 3 aromatic heterocycles. The highest BCUT2D eigenvalue weighted by atomic mass is 19.1. The summed E-state index contributed by atoms with van der Waals surface area (Å²) in [5, 5.41) is 15.2. The summed E-state index contributed by atoms with van der Waals surface area (Å²) in [7, 11) is 0. The predicted octanol–water partition coefficient (Wildman–Crippen LogP) is 4.12. The minimum Gasteiger partial charge on any atom is -0.464 e. The molecular formula is C26H27FN6O4. The van der Waals surface area contributed by atoms with Gasteiger partial charge < -0.3 is 14.2 Å². The molecule has 10 nitrogen and oxygen atoms in total. The Morgan fingerprint density at radius 2 is 1.81 bits per heavy atom. The van der Waals surface area contributed by atoms with Gasteiger partial charge in [0.15, 0.2) is 11.8 Å². The number of carbonyl (C=O) groups excluding carboxylic acids is 2. The van der Waals surface area contributed by atoms with Crippen LogP contribution in [0.2, 0.25) is 0 Å². The number of furan rings is 2. The topological polar surface area (TPSA) is 119 Å². The molecule has 1 aliphatic rings. The lowest BCUT2D eigenvalue weighted by atomic mass is 10.1. The Hall–Kier alpha value is -4.28. The van der Waals surface area contributed by atoms with Gasteiger partial charge in [-0.1, -0.05) is 25.0 Å². The Morgan fingerprint density at radius 3 is 2.49 bits per heavy atom. The molecule has 0 aliphatic heterocycles. The van der Waals surface area contributed by atoms with Crippen molar-refractivity contribution in [2.45, 2.75) is 58.2 Å². The Kier molecular flexibility index (Phi) is 6.85. The number of benzene rings is 1. The van der Waals surface area contributed by atoms with Gasteiger partial charge in [0.2, 0.25) is 5.82 Å². The first-order chi connectivity index (χ1) is 17.9. The highest BCUT2D eigenvalue weighted by molar-refractivity contribution is 6.01. The maximum Gasteiger partial charge on any atom is 0.251 e. The number of carbonyl (C=O) groups is 2. The van der Waals surface area contributed by atoms with Gasteiger partial charge in [-0.15, -0.1) is 10.2 Å². The Bertz CT molecular complexity index is 1400. The molecule has 0 radical (unpaired) electrons. The number of aromatic nitrogens is 4. The fourth-order valence-electron chi connectivity index (χ4n) is 4.55. The number of hydrogen-bond donors (Lipinski definition) is 1. The number of nitrogens with one attached hydrogen (secondary N) is 1. The summed E-state index contributed by atoms with van der Waals surface area (Å²) >= 11 is 0. The van der Waals surface area contributed by atoms with Crippen LogP contribution in [-0.4, -0.2) is 38.1 Å². The van der Waals surface area contributed by atoms with Gasteiger partial charge in [-0.05, 0) is 68.3 Å². The molecule has 1 aromatic carbocycles. The number of anilines is 1. The average Bonchev–Trinajstić information content (AvgIpc) is 3.67. The third-order valence-electron chi connectivity index (χ3n) is 6.31. The fraction of sp³-hybridized carbons (Fsp3) is 0.346. The summed E-state index contributed by atoms with van der Waals surface area (Å²) < 4.78 is 26.4. The molecule has 3 heterocycles. The number of hydrogen-bond acceptors (Lipinski definition) is 7. The van der Waals surface area contributed by atoms with E-state index in [0.29, 0.717) is 17.3 Å². The summed E-state index contributed by atoms with van der Waals surface area (Å²) in [5.74, 6) is 0.349. The van der Waals surface area contributed by atoms with Crippen molar-refractivity contribution in [3.8, 4) is 11.6 Å². The first kappa shape index (κ1) is 24.4. The summed E-state index contributed by atoms with van der Waals surface area (Å²) in [6.07, 6.45) is 3.73. The predicted molar refractivity (Wildman–Crippen MR) is 131 cm³/mol. The Labute approximate surface area is 212 Å². The standard InChI is InChI=1S/C26H27FN6O4/c1-16-11-13-21(36-16)24(26(35)28-18-7-3-4-8-18)33(20-10-6-5-9-19(20)27)23(34)15-32-30-25(29-31-32)22-14-12-17(2)37-22/h5-6,9-14,18,24H,3-4,7-8,15H2,1-2H3,(H,28,35)/t24-/m0/s1. The number of rotatable bonds is 8. The molecular weight excluding hydrogens is 479 g/mol. The van der Waals surface area contributed by atoms with Gasteiger partial charge in [0.1, 0.15) is 29.6 Å². The Balaban J connectivity index is 1.50. The van der Waals surface area contributed by atoms with Crippen molar-refractivity contribution in [3.63, 3.8) is 0 Å². The zero-order valence-electron chi connectivity index (χ0n) is 20.6. The summed E-state index contributed by atoms with van der Waals surface area (Å²) in [6.45, 7) is 3.13. The number of aryl methyl sites for hydroxylation is 2. The van der Waals surface area contributed by atoms with Gasteiger partial charge >= 0.3 is 0 Å². The van der Waals surface area contributed by atoms with Crippen LogP contribution in [0.1, 0.15) is 49.0 Å². The van der Waals surface area contributed by atoms with Gasteiger partial charge in [-0.2, -0.15) is 4.80 Å². The van der Waals surface area contributed by atoms with E-state index in [9.17, 15) is 9.59 Å². The van der Waals surface area contributed by atoms with E-state index in [0.717, 1.165) is 35.4 Å². The van der Waals surface area contributed by atoms with E-state index in [1.165, 1.54) is 18.2 Å². The highest BCUT2D eigenvalue weighted by Gasteiger charge is 2.38. The zero-order chi connectivity index (χ0) is 25.9. The van der Waals surface area contributed by atoms with E-state index < -0.39 is 30.2 Å². The lowest BCUT2D eigenvalue weighted by Crippen LogP contribution is -2.47. The summed E-state index contributed by atoms with van der Waals surface area (Å²) in [4.78, 5) is 29.6. The van der Waals surface area contributed by atoms with Crippen LogP contribution in [0.25, 0.3) is 11.6 Å². The minimum absolute atomic E-state index is 0.0140. The molecule has 37 heavy (non-hydrogen) atoms. The molecule has 1 aliphatic carbocycles. The maximum atomic E-state index is 15.1. The lowest BCUT2D eigenvalue weighted by molar-refractivity contribution is -0.128. The molecule has 1 atom stereocenters. The second-order valence-electron chi connectivity index (χ2n) is 9.11. The second-order valence-corrected chi connectivity index (χ2v) is 9.11. The number of nitrogens with zero attached hydrogens (tertiary/aromatic N) is 5. The largest absolute Gasteiger partial charge is 0.464 e. The van der Waals surface area contributed by atoms with E-state index in [4.69, 9.17) is 8.83 Å². The molecule has 192 valence electrons. The van der Waals surface area contributed by atoms with Crippen LogP contribution in [0, 0.1) is 19.7 Å². The quantitative estimate of drug-likeness (QED) is 0.382. The molecule has 11 heteroatoms. The number of halogens is 1. The number of amides is 2.